The van der Waals surface area contributed by atoms with E-state index >= 15 is 0 Å². The van der Waals surface area contributed by atoms with Crippen LogP contribution in [-0.4, -0.2) is 14.5 Å². The summed E-state index contributed by atoms with van der Waals surface area (Å²) in [5, 5.41) is 0. The predicted octanol–water partition coefficient (Wildman–Crippen LogP) is 4.24. The first kappa shape index (κ1) is 16.0. The van der Waals surface area contributed by atoms with Gasteiger partial charge in [0.15, 0.2) is 0 Å². The summed E-state index contributed by atoms with van der Waals surface area (Å²) in [5.74, 6) is 0.742. The van der Waals surface area contributed by atoms with Crippen molar-refractivity contribution in [2.75, 3.05) is 0 Å². The minimum atomic E-state index is -4.15. The summed E-state index contributed by atoms with van der Waals surface area (Å²) in [5.41, 5.74) is 6.45. The average molecular weight is 291 g/mol. The molecule has 108 valence electrons. The Kier molecular flexibility index (Phi) is 5.03. The average Bonchev–Trinajstić information content (AvgIpc) is 2.23. The number of hydrogen-bond acceptors (Lipinski definition) is 2. The molecule has 19 heavy (non-hydrogen) atoms. The second-order valence-corrected chi connectivity index (χ2v) is 9.97. The Morgan fingerprint density at radius 2 is 1.68 bits per heavy atom. The highest BCUT2D eigenvalue weighted by molar-refractivity contribution is 6.70. The fourth-order valence-electron chi connectivity index (χ4n) is 1.62. The maximum atomic E-state index is 12.1. The molecule has 0 heterocycles. The molecule has 0 saturated carbocycles. The lowest BCUT2D eigenvalue weighted by Crippen LogP contribution is -2.29. The van der Waals surface area contributed by atoms with Gasteiger partial charge in [-0.15, -0.1) is 0 Å². The molecule has 0 fully saturated rings. The lowest BCUT2D eigenvalue weighted by Gasteiger charge is -2.20. The van der Waals surface area contributed by atoms with Crippen molar-refractivity contribution in [3.8, 4) is 5.75 Å². The molecule has 0 spiro atoms. The summed E-state index contributed by atoms with van der Waals surface area (Å²) in [4.78, 5) is 0. The van der Waals surface area contributed by atoms with Crippen LogP contribution >= 0.6 is 0 Å². The van der Waals surface area contributed by atoms with Crippen LogP contribution < -0.4 is 10.2 Å². The number of hydrogen-bond donors (Lipinski definition) is 1. The number of halogens is 3. The highest BCUT2D eigenvalue weighted by Crippen LogP contribution is 2.27. The molecule has 1 aromatic carbocycles. The predicted molar refractivity (Wildman–Crippen MR) is 72.6 cm³/mol. The summed E-state index contributed by atoms with van der Waals surface area (Å²) in [6, 6.07) is 6.40. The zero-order valence-electron chi connectivity index (χ0n) is 11.4. The van der Waals surface area contributed by atoms with Gasteiger partial charge in [-0.25, -0.2) is 0 Å². The highest BCUT2D eigenvalue weighted by atomic mass is 28.4. The molecule has 0 unspecified atom stereocenters. The summed E-state index contributed by atoms with van der Waals surface area (Å²) >= 11 is 0. The molecule has 0 aliphatic heterocycles. The number of rotatable bonds is 5. The first-order valence-electron chi connectivity index (χ1n) is 6.18. The Labute approximate surface area is 112 Å². The Morgan fingerprint density at radius 1 is 1.16 bits per heavy atom. The molecule has 0 bridgehead atoms. The van der Waals surface area contributed by atoms with Crippen molar-refractivity contribution in [2.24, 2.45) is 5.73 Å². The minimum absolute atomic E-state index is 0.0995. The van der Waals surface area contributed by atoms with Crippen molar-refractivity contribution in [3.05, 3.63) is 29.8 Å². The van der Waals surface area contributed by atoms with Gasteiger partial charge in [-0.1, -0.05) is 12.1 Å². The van der Waals surface area contributed by atoms with Gasteiger partial charge >= 0.3 is 6.18 Å². The summed E-state index contributed by atoms with van der Waals surface area (Å²) in [6.07, 6.45) is -5.11. The van der Waals surface area contributed by atoms with Crippen LogP contribution in [0.25, 0.3) is 0 Å². The fraction of sp³-hybridized carbons (Fsp3) is 0.538. The van der Waals surface area contributed by atoms with E-state index in [1.807, 2.05) is 0 Å². The monoisotopic (exact) mass is 291 g/mol. The number of nitrogens with two attached hydrogens (primary N) is 1. The Hall–Kier alpha value is -1.01. The van der Waals surface area contributed by atoms with E-state index in [-0.39, 0.29) is 6.42 Å². The quantitative estimate of drug-likeness (QED) is 0.823. The van der Waals surface area contributed by atoms with Gasteiger partial charge in [0.25, 0.3) is 0 Å². The molecular weight excluding hydrogens is 271 g/mol. The molecule has 0 radical (unpaired) electrons. The van der Waals surface area contributed by atoms with E-state index in [9.17, 15) is 13.2 Å². The SMILES string of the molecule is C[Si](C)(C)Oc1ccc([C@H](N)CCC(F)(F)F)cc1. The first-order chi connectivity index (χ1) is 8.57. The fourth-order valence-corrected chi connectivity index (χ4v) is 2.47. The maximum Gasteiger partial charge on any atom is 0.389 e. The molecule has 2 N–H and O–H groups in total. The third kappa shape index (κ3) is 6.63. The van der Waals surface area contributed by atoms with E-state index in [2.05, 4.69) is 19.6 Å². The Balaban J connectivity index is 2.60. The van der Waals surface area contributed by atoms with Crippen LogP contribution in [0.5, 0.6) is 5.75 Å². The van der Waals surface area contributed by atoms with E-state index in [0.717, 1.165) is 5.75 Å². The van der Waals surface area contributed by atoms with Crippen molar-refractivity contribution >= 4 is 8.32 Å². The molecule has 0 amide bonds. The van der Waals surface area contributed by atoms with Crippen LogP contribution in [0.2, 0.25) is 19.6 Å². The van der Waals surface area contributed by atoms with Gasteiger partial charge < -0.3 is 10.2 Å². The van der Waals surface area contributed by atoms with Gasteiger partial charge in [0.2, 0.25) is 8.32 Å². The summed E-state index contributed by atoms with van der Waals surface area (Å²) in [7, 11) is -1.66. The molecule has 0 saturated heterocycles. The molecular formula is C13H20F3NOSi. The van der Waals surface area contributed by atoms with Crippen LogP contribution in [0.15, 0.2) is 24.3 Å². The van der Waals surface area contributed by atoms with Crippen LogP contribution in [0.3, 0.4) is 0 Å². The van der Waals surface area contributed by atoms with Crippen LogP contribution in [-0.2, 0) is 0 Å². The Morgan fingerprint density at radius 3 is 2.11 bits per heavy atom. The molecule has 0 aliphatic rings. The standard InChI is InChI=1S/C13H20F3NOSi/c1-19(2,3)18-11-6-4-10(5-7-11)12(17)8-9-13(14,15)16/h4-7,12H,8-9,17H2,1-3H3/t12-/m1/s1. The largest absolute Gasteiger partial charge is 0.544 e. The van der Waals surface area contributed by atoms with Crippen molar-refractivity contribution in [1.29, 1.82) is 0 Å². The molecule has 1 aromatic rings. The lowest BCUT2D eigenvalue weighted by atomic mass is 10.0. The van der Waals surface area contributed by atoms with Gasteiger partial charge in [0.1, 0.15) is 5.75 Å². The van der Waals surface area contributed by atoms with Crippen LogP contribution in [0.1, 0.15) is 24.4 Å². The maximum absolute atomic E-state index is 12.1. The van der Waals surface area contributed by atoms with E-state index in [1.54, 1.807) is 24.3 Å². The van der Waals surface area contributed by atoms with Crippen LogP contribution in [0, 0.1) is 0 Å². The topological polar surface area (TPSA) is 35.2 Å². The summed E-state index contributed by atoms with van der Waals surface area (Å²) < 4.78 is 42.1. The summed E-state index contributed by atoms with van der Waals surface area (Å²) in [6.45, 7) is 6.20. The van der Waals surface area contributed by atoms with Gasteiger partial charge in [0.05, 0.1) is 0 Å². The van der Waals surface area contributed by atoms with Crippen molar-refractivity contribution in [2.45, 2.75) is 44.7 Å². The highest BCUT2D eigenvalue weighted by Gasteiger charge is 2.27. The van der Waals surface area contributed by atoms with E-state index < -0.39 is 27.0 Å². The first-order valence-corrected chi connectivity index (χ1v) is 9.59. The Bertz CT molecular complexity index is 398. The molecule has 1 rings (SSSR count). The van der Waals surface area contributed by atoms with Crippen molar-refractivity contribution in [3.63, 3.8) is 0 Å². The lowest BCUT2D eigenvalue weighted by molar-refractivity contribution is -0.136. The van der Waals surface area contributed by atoms with Gasteiger partial charge in [-0.2, -0.15) is 13.2 Å². The van der Waals surface area contributed by atoms with Crippen molar-refractivity contribution < 1.29 is 17.6 Å². The minimum Gasteiger partial charge on any atom is -0.544 e. The molecule has 6 heteroatoms. The second kappa shape index (κ2) is 5.96. The smallest absolute Gasteiger partial charge is 0.389 e. The zero-order valence-corrected chi connectivity index (χ0v) is 12.4. The molecule has 1 atom stereocenters. The van der Waals surface area contributed by atoms with Gasteiger partial charge in [0, 0.05) is 12.5 Å². The van der Waals surface area contributed by atoms with Crippen molar-refractivity contribution in [1.82, 2.24) is 0 Å². The van der Waals surface area contributed by atoms with E-state index in [4.69, 9.17) is 10.2 Å². The third-order valence-corrected chi connectivity index (χ3v) is 3.32. The molecule has 0 aliphatic carbocycles. The zero-order chi connectivity index (χ0) is 14.7. The second-order valence-electron chi connectivity index (χ2n) is 5.54. The van der Waals surface area contributed by atoms with Gasteiger partial charge in [-0.05, 0) is 43.8 Å². The normalized spacial score (nSPS) is 14.3. The van der Waals surface area contributed by atoms with E-state index in [1.165, 1.54) is 0 Å². The van der Waals surface area contributed by atoms with Crippen LogP contribution in [0.4, 0.5) is 13.2 Å². The number of benzene rings is 1. The molecule has 2 nitrogen and oxygen atoms in total. The molecule has 0 aromatic heterocycles. The number of alkyl halides is 3. The van der Waals surface area contributed by atoms with E-state index in [0.29, 0.717) is 5.56 Å². The van der Waals surface area contributed by atoms with Gasteiger partial charge in [-0.3, -0.25) is 0 Å². The third-order valence-electron chi connectivity index (χ3n) is 2.47.